The van der Waals surface area contributed by atoms with Gasteiger partial charge in [0.25, 0.3) is 5.91 Å². The van der Waals surface area contributed by atoms with E-state index >= 15 is 0 Å². The molecule has 0 aliphatic carbocycles. The number of carbonyl (C=O) groups is 1. The third kappa shape index (κ3) is 3.45. The van der Waals surface area contributed by atoms with E-state index in [0.717, 1.165) is 18.4 Å². The van der Waals surface area contributed by atoms with Crippen LogP contribution in [-0.2, 0) is 0 Å². The number of rotatable bonds is 3. The Morgan fingerprint density at radius 1 is 1.00 bits per heavy atom. The minimum atomic E-state index is -0.268. The number of ether oxygens (including phenoxy) is 1. The lowest BCUT2D eigenvalue weighted by molar-refractivity contribution is 0.0595. The van der Waals surface area contributed by atoms with Crippen LogP contribution in [0.15, 0.2) is 54.6 Å². The number of piperidine rings is 1. The molecule has 22 heavy (non-hydrogen) atoms. The van der Waals surface area contributed by atoms with Gasteiger partial charge >= 0.3 is 0 Å². The second kappa shape index (κ2) is 6.60. The Morgan fingerprint density at radius 2 is 1.64 bits per heavy atom. The van der Waals surface area contributed by atoms with Crippen molar-refractivity contribution in [2.75, 3.05) is 13.1 Å². The molecule has 1 fully saturated rings. The summed E-state index contributed by atoms with van der Waals surface area (Å²) < 4.78 is 18.7. The number of hydrogen-bond acceptors (Lipinski definition) is 2. The highest BCUT2D eigenvalue weighted by molar-refractivity contribution is 5.94. The molecule has 1 amide bonds. The highest BCUT2D eigenvalue weighted by Crippen LogP contribution is 2.20. The Hall–Kier alpha value is -2.36. The normalized spacial score (nSPS) is 15.6. The first-order chi connectivity index (χ1) is 10.7. The van der Waals surface area contributed by atoms with E-state index in [1.54, 1.807) is 12.1 Å². The molecule has 3 rings (SSSR count). The minimum absolute atomic E-state index is 0.0702. The molecule has 2 aromatic carbocycles. The number of likely N-dealkylation sites (tertiary alicyclic amines) is 1. The van der Waals surface area contributed by atoms with Crippen molar-refractivity contribution in [2.45, 2.75) is 18.9 Å². The summed E-state index contributed by atoms with van der Waals surface area (Å²) in [7, 11) is 0. The summed E-state index contributed by atoms with van der Waals surface area (Å²) in [6.07, 6.45) is 1.65. The maximum absolute atomic E-state index is 12.9. The van der Waals surface area contributed by atoms with Gasteiger partial charge in [-0.1, -0.05) is 18.2 Å². The van der Waals surface area contributed by atoms with Crippen molar-refractivity contribution in [2.24, 2.45) is 0 Å². The average Bonchev–Trinajstić information content (AvgIpc) is 2.58. The first-order valence-electron chi connectivity index (χ1n) is 7.49. The maximum atomic E-state index is 12.9. The number of hydrogen-bond donors (Lipinski definition) is 0. The molecule has 3 nitrogen and oxygen atoms in total. The Balaban J connectivity index is 1.54. The van der Waals surface area contributed by atoms with Crippen LogP contribution in [0, 0.1) is 5.82 Å². The van der Waals surface area contributed by atoms with Gasteiger partial charge in [0.05, 0.1) is 0 Å². The maximum Gasteiger partial charge on any atom is 0.253 e. The summed E-state index contributed by atoms with van der Waals surface area (Å²) >= 11 is 0. The molecule has 0 bridgehead atoms. The molecule has 2 aromatic rings. The molecule has 1 aliphatic heterocycles. The van der Waals surface area contributed by atoms with Crippen LogP contribution in [0.25, 0.3) is 0 Å². The first kappa shape index (κ1) is 14.6. The summed E-state index contributed by atoms with van der Waals surface area (Å²) in [5, 5.41) is 0. The number of amides is 1. The molecule has 1 heterocycles. The van der Waals surface area contributed by atoms with Gasteiger partial charge in [-0.25, -0.2) is 4.39 Å². The highest BCUT2D eigenvalue weighted by Gasteiger charge is 2.24. The molecule has 0 spiro atoms. The molecular weight excluding hydrogens is 281 g/mol. The zero-order valence-electron chi connectivity index (χ0n) is 12.2. The summed E-state index contributed by atoms with van der Waals surface area (Å²) in [6.45, 7) is 1.36. The molecule has 114 valence electrons. The van der Waals surface area contributed by atoms with Gasteiger partial charge < -0.3 is 9.64 Å². The van der Waals surface area contributed by atoms with Gasteiger partial charge in [-0.2, -0.15) is 0 Å². The van der Waals surface area contributed by atoms with Crippen molar-refractivity contribution in [3.63, 3.8) is 0 Å². The topological polar surface area (TPSA) is 29.5 Å². The van der Waals surface area contributed by atoms with E-state index in [0.29, 0.717) is 18.8 Å². The van der Waals surface area contributed by atoms with Crippen LogP contribution in [0.2, 0.25) is 0 Å². The Kier molecular flexibility index (Phi) is 4.37. The Bertz CT molecular complexity index is 619. The fourth-order valence-corrected chi connectivity index (χ4v) is 2.65. The summed E-state index contributed by atoms with van der Waals surface area (Å²) in [6, 6.07) is 15.4. The number of benzene rings is 2. The van der Waals surface area contributed by atoms with Gasteiger partial charge in [0.1, 0.15) is 17.7 Å². The van der Waals surface area contributed by atoms with Crippen molar-refractivity contribution in [3.05, 3.63) is 66.0 Å². The van der Waals surface area contributed by atoms with Crippen molar-refractivity contribution in [1.29, 1.82) is 0 Å². The van der Waals surface area contributed by atoms with Crippen LogP contribution in [0.3, 0.4) is 0 Å². The van der Waals surface area contributed by atoms with E-state index in [4.69, 9.17) is 4.74 Å². The van der Waals surface area contributed by atoms with Crippen LogP contribution >= 0.6 is 0 Å². The lowest BCUT2D eigenvalue weighted by Crippen LogP contribution is -2.41. The SMILES string of the molecule is O=C(c1ccccc1)N1CCC(Oc2ccc(F)cc2)CC1. The number of carbonyl (C=O) groups excluding carboxylic acids is 1. The molecule has 0 N–H and O–H groups in total. The van der Waals surface area contributed by atoms with Crippen LogP contribution in [0.1, 0.15) is 23.2 Å². The highest BCUT2D eigenvalue weighted by atomic mass is 19.1. The van der Waals surface area contributed by atoms with Crippen molar-refractivity contribution < 1.29 is 13.9 Å². The summed E-state index contributed by atoms with van der Waals surface area (Å²) in [5.41, 5.74) is 0.723. The zero-order chi connectivity index (χ0) is 15.4. The molecule has 4 heteroatoms. The van der Waals surface area contributed by atoms with Crippen LogP contribution in [0.4, 0.5) is 4.39 Å². The molecule has 1 aliphatic rings. The van der Waals surface area contributed by atoms with Gasteiger partial charge in [-0.15, -0.1) is 0 Å². The van der Waals surface area contributed by atoms with Gasteiger partial charge in [-0.3, -0.25) is 4.79 Å². The predicted octanol–water partition coefficient (Wildman–Crippen LogP) is 3.51. The average molecular weight is 299 g/mol. The smallest absolute Gasteiger partial charge is 0.253 e. The lowest BCUT2D eigenvalue weighted by atomic mass is 10.1. The second-order valence-corrected chi connectivity index (χ2v) is 5.43. The third-order valence-electron chi connectivity index (χ3n) is 3.87. The molecule has 0 saturated carbocycles. The predicted molar refractivity (Wildman–Crippen MR) is 82.4 cm³/mol. The number of halogens is 1. The van der Waals surface area contributed by atoms with E-state index in [-0.39, 0.29) is 17.8 Å². The standard InChI is InChI=1S/C18H18FNO2/c19-15-6-8-16(9-7-15)22-17-10-12-20(13-11-17)18(21)14-4-2-1-3-5-14/h1-9,17H,10-13H2. The van der Waals surface area contributed by atoms with Crippen molar-refractivity contribution in [1.82, 2.24) is 4.90 Å². The fraction of sp³-hybridized carbons (Fsp3) is 0.278. The van der Waals surface area contributed by atoms with Gasteiger partial charge in [0.15, 0.2) is 0 Å². The molecule has 0 aromatic heterocycles. The molecule has 1 saturated heterocycles. The fourth-order valence-electron chi connectivity index (χ4n) is 2.65. The second-order valence-electron chi connectivity index (χ2n) is 5.43. The largest absolute Gasteiger partial charge is 0.490 e. The van der Waals surface area contributed by atoms with E-state index in [2.05, 4.69) is 0 Å². The molecule has 0 radical (unpaired) electrons. The minimum Gasteiger partial charge on any atom is -0.490 e. The van der Waals surface area contributed by atoms with Crippen LogP contribution in [0.5, 0.6) is 5.75 Å². The molecular formula is C18H18FNO2. The van der Waals surface area contributed by atoms with Crippen LogP contribution < -0.4 is 4.74 Å². The van der Waals surface area contributed by atoms with Crippen LogP contribution in [-0.4, -0.2) is 30.0 Å². The van der Waals surface area contributed by atoms with Crippen molar-refractivity contribution in [3.8, 4) is 5.75 Å². The van der Waals surface area contributed by atoms with Gasteiger partial charge in [0, 0.05) is 31.5 Å². The van der Waals surface area contributed by atoms with Gasteiger partial charge in [0.2, 0.25) is 0 Å². The third-order valence-corrected chi connectivity index (χ3v) is 3.87. The quantitative estimate of drug-likeness (QED) is 0.868. The lowest BCUT2D eigenvalue weighted by Gasteiger charge is -2.32. The molecule has 0 unspecified atom stereocenters. The first-order valence-corrected chi connectivity index (χ1v) is 7.49. The Labute approximate surface area is 129 Å². The van der Waals surface area contributed by atoms with E-state index in [9.17, 15) is 9.18 Å². The summed E-state index contributed by atoms with van der Waals surface area (Å²) in [5.74, 6) is 0.477. The zero-order valence-corrected chi connectivity index (χ0v) is 12.2. The number of nitrogens with zero attached hydrogens (tertiary/aromatic N) is 1. The Morgan fingerprint density at radius 3 is 2.27 bits per heavy atom. The summed E-state index contributed by atoms with van der Waals surface area (Å²) in [4.78, 5) is 14.2. The van der Waals surface area contributed by atoms with E-state index in [1.165, 1.54) is 12.1 Å². The molecule has 0 atom stereocenters. The van der Waals surface area contributed by atoms with E-state index < -0.39 is 0 Å². The van der Waals surface area contributed by atoms with Gasteiger partial charge in [-0.05, 0) is 36.4 Å². The monoisotopic (exact) mass is 299 g/mol. The van der Waals surface area contributed by atoms with Crippen molar-refractivity contribution >= 4 is 5.91 Å². The van der Waals surface area contributed by atoms with E-state index in [1.807, 2.05) is 35.2 Å².